The van der Waals surface area contributed by atoms with Gasteiger partial charge in [-0.2, -0.15) is 0 Å². The van der Waals surface area contributed by atoms with Crippen LogP contribution in [0.2, 0.25) is 0 Å². The molecular formula is C23H29N3O3. The number of carbonyl (C=O) groups is 2. The molecule has 2 aromatic carbocycles. The van der Waals surface area contributed by atoms with Crippen LogP contribution >= 0.6 is 0 Å². The molecule has 2 aromatic rings. The fraction of sp³-hybridized carbons (Fsp3) is 0.391. The molecule has 2 N–H and O–H groups in total. The van der Waals surface area contributed by atoms with Crippen molar-refractivity contribution < 1.29 is 14.7 Å². The van der Waals surface area contributed by atoms with E-state index in [2.05, 4.69) is 29.0 Å². The third kappa shape index (κ3) is 4.83. The first-order valence-corrected chi connectivity index (χ1v) is 10.0. The lowest BCUT2D eigenvalue weighted by atomic mass is 9.98. The fourth-order valence-corrected chi connectivity index (χ4v) is 3.86. The molecule has 1 heterocycles. The Labute approximate surface area is 172 Å². The summed E-state index contributed by atoms with van der Waals surface area (Å²) in [5.41, 5.74) is 2.98. The first-order valence-electron chi connectivity index (χ1n) is 10.0. The zero-order valence-electron chi connectivity index (χ0n) is 17.3. The number of rotatable bonds is 6. The van der Waals surface area contributed by atoms with E-state index >= 15 is 0 Å². The Morgan fingerprint density at radius 3 is 2.41 bits per heavy atom. The lowest BCUT2D eigenvalue weighted by Gasteiger charge is -2.42. The molecule has 0 aliphatic carbocycles. The maximum atomic E-state index is 12.4. The lowest BCUT2D eigenvalue weighted by molar-refractivity contribution is -0.129. The summed E-state index contributed by atoms with van der Waals surface area (Å²) in [6, 6.07) is 15.2. The SMILES string of the molecule is CNC(=O)[C@@H]1CN(C(C)C)CCN1Cc1ccc(-c2ccccc2C(=O)O)cc1. The van der Waals surface area contributed by atoms with Crippen molar-refractivity contribution >= 4 is 11.9 Å². The van der Waals surface area contributed by atoms with Crippen LogP contribution in [0, 0.1) is 0 Å². The van der Waals surface area contributed by atoms with Crippen molar-refractivity contribution in [3.63, 3.8) is 0 Å². The van der Waals surface area contributed by atoms with Crippen molar-refractivity contribution in [1.29, 1.82) is 0 Å². The fourth-order valence-electron chi connectivity index (χ4n) is 3.86. The highest BCUT2D eigenvalue weighted by Crippen LogP contribution is 2.25. The van der Waals surface area contributed by atoms with Gasteiger partial charge >= 0.3 is 5.97 Å². The molecule has 0 radical (unpaired) electrons. The summed E-state index contributed by atoms with van der Waals surface area (Å²) in [5.74, 6) is -0.886. The van der Waals surface area contributed by atoms with E-state index in [-0.39, 0.29) is 11.9 Å². The first-order chi connectivity index (χ1) is 13.9. The second-order valence-electron chi connectivity index (χ2n) is 7.74. The Morgan fingerprint density at radius 1 is 1.10 bits per heavy atom. The molecule has 3 rings (SSSR count). The van der Waals surface area contributed by atoms with E-state index in [1.54, 1.807) is 19.2 Å². The van der Waals surface area contributed by atoms with Crippen molar-refractivity contribution in [3.05, 3.63) is 59.7 Å². The monoisotopic (exact) mass is 395 g/mol. The normalized spacial score (nSPS) is 18.0. The predicted octanol–water partition coefficient (Wildman–Crippen LogP) is 2.69. The van der Waals surface area contributed by atoms with Crippen molar-refractivity contribution in [2.24, 2.45) is 0 Å². The Bertz CT molecular complexity index is 864. The summed E-state index contributed by atoms with van der Waals surface area (Å²) < 4.78 is 0. The molecule has 29 heavy (non-hydrogen) atoms. The molecule has 1 aliphatic heterocycles. The summed E-state index contributed by atoms with van der Waals surface area (Å²) in [5, 5.41) is 12.2. The van der Waals surface area contributed by atoms with Gasteiger partial charge in [0.1, 0.15) is 6.04 Å². The number of likely N-dealkylation sites (N-methyl/N-ethyl adjacent to an activating group) is 1. The molecule has 154 valence electrons. The Morgan fingerprint density at radius 2 is 1.79 bits per heavy atom. The van der Waals surface area contributed by atoms with Crippen molar-refractivity contribution in [2.75, 3.05) is 26.7 Å². The highest BCUT2D eigenvalue weighted by atomic mass is 16.4. The molecule has 1 atom stereocenters. The van der Waals surface area contributed by atoms with E-state index in [9.17, 15) is 14.7 Å². The molecule has 0 saturated carbocycles. The Hall–Kier alpha value is -2.70. The van der Waals surface area contributed by atoms with E-state index in [1.165, 1.54) is 0 Å². The topological polar surface area (TPSA) is 72.9 Å². The van der Waals surface area contributed by atoms with Gasteiger partial charge in [-0.25, -0.2) is 4.79 Å². The number of piperazine rings is 1. The van der Waals surface area contributed by atoms with Gasteiger partial charge in [-0.1, -0.05) is 42.5 Å². The van der Waals surface area contributed by atoms with E-state index in [4.69, 9.17) is 0 Å². The van der Waals surface area contributed by atoms with Gasteiger partial charge in [-0.3, -0.25) is 14.6 Å². The average molecular weight is 396 g/mol. The number of hydrogen-bond donors (Lipinski definition) is 2. The third-order valence-electron chi connectivity index (χ3n) is 5.61. The van der Waals surface area contributed by atoms with Gasteiger partial charge in [0, 0.05) is 39.3 Å². The zero-order chi connectivity index (χ0) is 21.0. The van der Waals surface area contributed by atoms with Crippen LogP contribution in [0.25, 0.3) is 11.1 Å². The summed E-state index contributed by atoms with van der Waals surface area (Å²) in [6.07, 6.45) is 0. The number of carbonyl (C=O) groups excluding carboxylic acids is 1. The van der Waals surface area contributed by atoms with Crippen LogP contribution in [0.1, 0.15) is 29.8 Å². The molecule has 0 bridgehead atoms. The molecular weight excluding hydrogens is 366 g/mol. The van der Waals surface area contributed by atoms with Crippen molar-refractivity contribution in [3.8, 4) is 11.1 Å². The van der Waals surface area contributed by atoms with Gasteiger partial charge in [0.25, 0.3) is 0 Å². The molecule has 1 amide bonds. The van der Waals surface area contributed by atoms with Crippen LogP contribution in [0.4, 0.5) is 0 Å². The lowest BCUT2D eigenvalue weighted by Crippen LogP contribution is -2.59. The van der Waals surface area contributed by atoms with Gasteiger partial charge < -0.3 is 10.4 Å². The number of carboxylic acid groups (broad SMARTS) is 1. The second-order valence-corrected chi connectivity index (χ2v) is 7.74. The van der Waals surface area contributed by atoms with Crippen LogP contribution in [0.15, 0.2) is 48.5 Å². The van der Waals surface area contributed by atoms with Gasteiger partial charge in [-0.15, -0.1) is 0 Å². The van der Waals surface area contributed by atoms with Crippen LogP contribution < -0.4 is 5.32 Å². The minimum atomic E-state index is -0.930. The molecule has 0 unspecified atom stereocenters. The van der Waals surface area contributed by atoms with Crippen LogP contribution in [0.3, 0.4) is 0 Å². The number of carboxylic acids is 1. The van der Waals surface area contributed by atoms with Crippen molar-refractivity contribution in [1.82, 2.24) is 15.1 Å². The molecule has 0 aromatic heterocycles. The molecule has 1 aliphatic rings. The molecule has 1 fully saturated rings. The highest BCUT2D eigenvalue weighted by molar-refractivity contribution is 5.96. The van der Waals surface area contributed by atoms with Crippen LogP contribution in [-0.2, 0) is 11.3 Å². The van der Waals surface area contributed by atoms with Crippen molar-refractivity contribution in [2.45, 2.75) is 32.5 Å². The molecule has 0 spiro atoms. The highest BCUT2D eigenvalue weighted by Gasteiger charge is 2.32. The second kappa shape index (κ2) is 9.20. The number of nitrogens with zero attached hydrogens (tertiary/aromatic N) is 2. The van der Waals surface area contributed by atoms with Gasteiger partial charge in [0.15, 0.2) is 0 Å². The summed E-state index contributed by atoms with van der Waals surface area (Å²) in [6.45, 7) is 7.50. The quantitative estimate of drug-likeness (QED) is 0.787. The Kier molecular flexibility index (Phi) is 6.67. The smallest absolute Gasteiger partial charge is 0.336 e. The van der Waals surface area contributed by atoms with Crippen LogP contribution in [0.5, 0.6) is 0 Å². The number of aromatic carboxylic acids is 1. The predicted molar refractivity (Wildman–Crippen MR) is 114 cm³/mol. The maximum Gasteiger partial charge on any atom is 0.336 e. The minimum Gasteiger partial charge on any atom is -0.478 e. The summed E-state index contributed by atoms with van der Waals surface area (Å²) >= 11 is 0. The van der Waals surface area contributed by atoms with E-state index in [1.807, 2.05) is 36.4 Å². The molecule has 6 heteroatoms. The van der Waals surface area contributed by atoms with Gasteiger partial charge in [-0.05, 0) is 36.6 Å². The molecule has 1 saturated heterocycles. The van der Waals surface area contributed by atoms with Gasteiger partial charge in [0.05, 0.1) is 5.56 Å². The minimum absolute atomic E-state index is 0.0438. The van der Waals surface area contributed by atoms with E-state index < -0.39 is 5.97 Å². The van der Waals surface area contributed by atoms with Crippen LogP contribution in [-0.4, -0.2) is 65.5 Å². The molecule has 6 nitrogen and oxygen atoms in total. The number of benzene rings is 2. The van der Waals surface area contributed by atoms with Gasteiger partial charge in [0.2, 0.25) is 5.91 Å². The standard InChI is InChI=1S/C23H29N3O3/c1-16(2)25-12-13-26(21(15-25)22(27)24-3)14-17-8-10-18(11-9-17)19-6-4-5-7-20(19)23(28)29/h4-11,16,21H,12-15H2,1-3H3,(H,24,27)(H,28,29)/t21-/m0/s1. The van der Waals surface area contributed by atoms with E-state index in [0.29, 0.717) is 23.7 Å². The summed E-state index contributed by atoms with van der Waals surface area (Å²) in [7, 11) is 1.68. The first kappa shape index (κ1) is 21.0. The summed E-state index contributed by atoms with van der Waals surface area (Å²) in [4.78, 5) is 28.5. The Balaban J connectivity index is 1.77. The number of amides is 1. The average Bonchev–Trinajstić information content (AvgIpc) is 2.73. The maximum absolute atomic E-state index is 12.4. The zero-order valence-corrected chi connectivity index (χ0v) is 17.3. The largest absolute Gasteiger partial charge is 0.478 e. The third-order valence-corrected chi connectivity index (χ3v) is 5.61. The number of hydrogen-bond acceptors (Lipinski definition) is 4. The van der Waals surface area contributed by atoms with E-state index in [0.717, 1.165) is 30.8 Å². The number of nitrogens with one attached hydrogen (secondary N) is 1.